The van der Waals surface area contributed by atoms with Crippen molar-refractivity contribution in [1.29, 1.82) is 0 Å². The highest BCUT2D eigenvalue weighted by Crippen LogP contribution is 2.37. The van der Waals surface area contributed by atoms with E-state index in [4.69, 9.17) is 0 Å². The second-order valence-electron chi connectivity index (χ2n) is 10.1. The van der Waals surface area contributed by atoms with Crippen molar-refractivity contribution in [3.05, 3.63) is 160 Å². The fourth-order valence-electron chi connectivity index (χ4n) is 5.75. The van der Waals surface area contributed by atoms with Crippen LogP contribution < -0.4 is 5.32 Å². The van der Waals surface area contributed by atoms with Crippen LogP contribution in [0.2, 0.25) is 0 Å². The van der Waals surface area contributed by atoms with E-state index < -0.39 is 0 Å². The lowest BCUT2D eigenvalue weighted by Gasteiger charge is -2.24. The Bertz CT molecular complexity index is 1510. The summed E-state index contributed by atoms with van der Waals surface area (Å²) in [5, 5.41) is 23.6. The zero-order valence-electron chi connectivity index (χ0n) is 21.3. The van der Waals surface area contributed by atoms with Crippen molar-refractivity contribution < 1.29 is 10.2 Å². The van der Waals surface area contributed by atoms with Gasteiger partial charge in [-0.2, -0.15) is 0 Å². The van der Waals surface area contributed by atoms with Crippen LogP contribution in [0.1, 0.15) is 50.4 Å². The molecule has 0 spiro atoms. The fourth-order valence-corrected chi connectivity index (χ4v) is 5.75. The van der Waals surface area contributed by atoms with Gasteiger partial charge < -0.3 is 15.5 Å². The Balaban J connectivity index is 1.40. The second-order valence-corrected chi connectivity index (χ2v) is 10.1. The molecule has 0 fully saturated rings. The van der Waals surface area contributed by atoms with Crippen LogP contribution in [0.5, 0.6) is 11.5 Å². The third-order valence-electron chi connectivity index (χ3n) is 7.70. The molecule has 0 unspecified atom stereocenters. The minimum Gasteiger partial charge on any atom is -0.508 e. The number of aromatic hydroxyl groups is 2. The highest BCUT2D eigenvalue weighted by molar-refractivity contribution is 5.58. The third-order valence-corrected chi connectivity index (χ3v) is 7.70. The van der Waals surface area contributed by atoms with Gasteiger partial charge in [-0.15, -0.1) is 0 Å². The van der Waals surface area contributed by atoms with Crippen molar-refractivity contribution in [3.63, 3.8) is 0 Å². The molecule has 0 atom stereocenters. The van der Waals surface area contributed by atoms with Crippen molar-refractivity contribution in [1.82, 2.24) is 0 Å². The molecule has 3 N–H and O–H groups in total. The molecule has 5 aromatic rings. The fraction of sp³-hybridized carbons (Fsp3) is 0.143. The van der Waals surface area contributed by atoms with Crippen molar-refractivity contribution in [2.75, 3.05) is 5.32 Å². The smallest absolute Gasteiger partial charge is 0.115 e. The van der Waals surface area contributed by atoms with Gasteiger partial charge in [-0.3, -0.25) is 0 Å². The molecule has 1 aliphatic rings. The van der Waals surface area contributed by atoms with E-state index in [1.165, 1.54) is 39.1 Å². The molecule has 1 heterocycles. The van der Waals surface area contributed by atoms with Crippen molar-refractivity contribution >= 4 is 5.69 Å². The number of fused-ring (bicyclic) bond motifs is 2. The Kier molecular flexibility index (Phi) is 6.58. The first-order chi connectivity index (χ1) is 18.7. The van der Waals surface area contributed by atoms with Gasteiger partial charge in [0.25, 0.3) is 0 Å². The molecule has 188 valence electrons. The molecule has 3 heteroatoms. The van der Waals surface area contributed by atoms with E-state index in [2.05, 4.69) is 72.0 Å². The molecule has 0 amide bonds. The van der Waals surface area contributed by atoms with Crippen LogP contribution in [0.3, 0.4) is 0 Å². The molecule has 0 bridgehead atoms. The molecule has 6 rings (SSSR count). The average Bonchev–Trinajstić information content (AvgIpc) is 2.93. The largest absolute Gasteiger partial charge is 0.508 e. The average molecular weight is 498 g/mol. The van der Waals surface area contributed by atoms with Crippen molar-refractivity contribution in [3.8, 4) is 11.5 Å². The number of hydrogen-bond donors (Lipinski definition) is 3. The van der Waals surface area contributed by atoms with Gasteiger partial charge in [-0.1, -0.05) is 84.9 Å². The van der Waals surface area contributed by atoms with E-state index >= 15 is 0 Å². The predicted molar refractivity (Wildman–Crippen MR) is 154 cm³/mol. The molecule has 0 radical (unpaired) electrons. The number of nitrogens with one attached hydrogen (secondary N) is 1. The maximum Gasteiger partial charge on any atom is 0.115 e. The molecule has 0 saturated heterocycles. The van der Waals surface area contributed by atoms with E-state index in [-0.39, 0.29) is 17.4 Å². The van der Waals surface area contributed by atoms with Crippen LogP contribution in [0.15, 0.2) is 115 Å². The summed E-state index contributed by atoms with van der Waals surface area (Å²) < 4.78 is 0. The summed E-state index contributed by atoms with van der Waals surface area (Å²) in [6.45, 7) is 0.840. The molecule has 1 aliphatic heterocycles. The number of rotatable bonds is 5. The van der Waals surface area contributed by atoms with E-state index in [0.29, 0.717) is 0 Å². The Morgan fingerprint density at radius 1 is 0.579 bits per heavy atom. The van der Waals surface area contributed by atoms with Crippen LogP contribution in [-0.4, -0.2) is 10.2 Å². The Morgan fingerprint density at radius 2 is 1.18 bits per heavy atom. The zero-order valence-corrected chi connectivity index (χ0v) is 21.3. The number of anilines is 1. The minimum absolute atomic E-state index is 0.0251. The number of benzene rings is 5. The third kappa shape index (κ3) is 4.88. The number of aryl methyl sites for hydroxylation is 1. The van der Waals surface area contributed by atoms with Crippen LogP contribution in [-0.2, 0) is 25.8 Å². The van der Waals surface area contributed by atoms with Gasteiger partial charge >= 0.3 is 0 Å². The molecule has 0 saturated carbocycles. The van der Waals surface area contributed by atoms with Crippen molar-refractivity contribution in [2.24, 2.45) is 0 Å². The number of phenolic OH excluding ortho intramolecular Hbond substituents is 2. The molecule has 3 nitrogen and oxygen atoms in total. The summed E-state index contributed by atoms with van der Waals surface area (Å²) in [6.07, 6.45) is 2.86. The first-order valence-electron chi connectivity index (χ1n) is 13.2. The topological polar surface area (TPSA) is 52.5 Å². The summed E-state index contributed by atoms with van der Waals surface area (Å²) >= 11 is 0. The summed E-state index contributed by atoms with van der Waals surface area (Å²) in [6, 6.07) is 38.9. The monoisotopic (exact) mass is 497 g/mol. The van der Waals surface area contributed by atoms with Crippen LogP contribution in [0.4, 0.5) is 5.69 Å². The summed E-state index contributed by atoms with van der Waals surface area (Å²) in [4.78, 5) is 0. The van der Waals surface area contributed by atoms with Gasteiger partial charge in [-0.25, -0.2) is 0 Å². The second kappa shape index (κ2) is 10.5. The maximum atomic E-state index is 9.94. The number of hydrogen-bond acceptors (Lipinski definition) is 3. The lowest BCUT2D eigenvalue weighted by molar-refractivity contribution is 0.475. The van der Waals surface area contributed by atoms with E-state index in [1.54, 1.807) is 24.3 Å². The lowest BCUT2D eigenvalue weighted by atomic mass is 9.81. The lowest BCUT2D eigenvalue weighted by Crippen LogP contribution is -2.12. The van der Waals surface area contributed by atoms with Crippen LogP contribution in [0.25, 0.3) is 0 Å². The van der Waals surface area contributed by atoms with Gasteiger partial charge in [0.15, 0.2) is 0 Å². The Labute approximate surface area is 224 Å². The standard InChI is InChI=1S/C35H31NO2/c37-30-17-12-25(13-18-30)35(26-14-19-31(38)20-15-26)33-10-4-3-7-28(33)22-27-9-5-11-34-32(27)21-16-24-6-1-2-8-29(24)23-36-34/h1-15,17-20,35-38H,16,21-23H2. The quantitative estimate of drug-likeness (QED) is 0.219. The minimum atomic E-state index is -0.0251. The molecule has 38 heavy (non-hydrogen) atoms. The molecule has 0 aliphatic carbocycles. The molecule has 5 aromatic carbocycles. The van der Waals surface area contributed by atoms with Crippen LogP contribution >= 0.6 is 0 Å². The molecule has 0 aromatic heterocycles. The Morgan fingerprint density at radius 3 is 1.89 bits per heavy atom. The van der Waals surface area contributed by atoms with Gasteiger partial charge in [-0.05, 0) is 94.1 Å². The predicted octanol–water partition coefficient (Wildman–Crippen LogP) is 7.58. The van der Waals surface area contributed by atoms with E-state index in [9.17, 15) is 10.2 Å². The highest BCUT2D eigenvalue weighted by atomic mass is 16.3. The normalized spacial score (nSPS) is 12.7. The van der Waals surface area contributed by atoms with Crippen molar-refractivity contribution in [2.45, 2.75) is 31.7 Å². The number of phenols is 2. The highest BCUT2D eigenvalue weighted by Gasteiger charge is 2.21. The first-order valence-corrected chi connectivity index (χ1v) is 13.2. The molecular formula is C35H31NO2. The molecular weight excluding hydrogens is 466 g/mol. The van der Waals surface area contributed by atoms with E-state index in [1.807, 2.05) is 24.3 Å². The summed E-state index contributed by atoms with van der Waals surface area (Å²) in [5.41, 5.74) is 11.5. The summed E-state index contributed by atoms with van der Waals surface area (Å²) in [7, 11) is 0. The Hall–Kier alpha value is -4.50. The van der Waals surface area contributed by atoms with Gasteiger partial charge in [0, 0.05) is 18.2 Å². The SMILES string of the molecule is Oc1ccc(C(c2ccc(O)cc2)c2ccccc2Cc2cccc3c2CCc2ccccc2CN3)cc1. The van der Waals surface area contributed by atoms with Crippen LogP contribution in [0, 0.1) is 0 Å². The van der Waals surface area contributed by atoms with Gasteiger partial charge in [0.2, 0.25) is 0 Å². The zero-order chi connectivity index (χ0) is 25.9. The van der Waals surface area contributed by atoms with Gasteiger partial charge in [0.05, 0.1) is 0 Å². The van der Waals surface area contributed by atoms with Gasteiger partial charge in [0.1, 0.15) is 11.5 Å². The van der Waals surface area contributed by atoms with E-state index in [0.717, 1.165) is 36.9 Å². The maximum absolute atomic E-state index is 9.94. The first kappa shape index (κ1) is 23.9. The summed E-state index contributed by atoms with van der Waals surface area (Å²) in [5.74, 6) is 0.481.